The molecule has 3 rings (SSSR count). The first-order valence-corrected chi connectivity index (χ1v) is 8.48. The Morgan fingerprint density at radius 1 is 1.50 bits per heavy atom. The van der Waals surface area contributed by atoms with E-state index >= 15 is 0 Å². The molecule has 0 aliphatic heterocycles. The Kier molecular flexibility index (Phi) is 4.19. The van der Waals surface area contributed by atoms with Gasteiger partial charge in [0.2, 0.25) is 0 Å². The Morgan fingerprint density at radius 2 is 2.35 bits per heavy atom. The SMILES string of the molecule is CCNC1CCCc2sc(-c3ccc(Br)cc3F)nc21. The van der Waals surface area contributed by atoms with Crippen LogP contribution in [-0.2, 0) is 6.42 Å². The number of benzene rings is 1. The number of halogens is 2. The molecule has 0 bridgehead atoms. The van der Waals surface area contributed by atoms with Crippen LogP contribution in [0, 0.1) is 5.82 Å². The number of fused-ring (bicyclic) bond motifs is 1. The first kappa shape index (κ1) is 14.2. The van der Waals surface area contributed by atoms with Crippen LogP contribution in [0.15, 0.2) is 22.7 Å². The van der Waals surface area contributed by atoms with Gasteiger partial charge in [0.15, 0.2) is 0 Å². The van der Waals surface area contributed by atoms with Gasteiger partial charge in [-0.2, -0.15) is 0 Å². The molecule has 1 N–H and O–H groups in total. The van der Waals surface area contributed by atoms with Crippen LogP contribution in [0.1, 0.15) is 36.4 Å². The van der Waals surface area contributed by atoms with E-state index in [9.17, 15) is 4.39 Å². The van der Waals surface area contributed by atoms with Gasteiger partial charge in [0.1, 0.15) is 10.8 Å². The quantitative estimate of drug-likeness (QED) is 0.863. The van der Waals surface area contributed by atoms with E-state index in [4.69, 9.17) is 4.98 Å². The Morgan fingerprint density at radius 3 is 3.10 bits per heavy atom. The molecule has 1 heterocycles. The van der Waals surface area contributed by atoms with Crippen LogP contribution < -0.4 is 5.32 Å². The zero-order valence-corrected chi connectivity index (χ0v) is 13.7. The zero-order valence-electron chi connectivity index (χ0n) is 11.2. The van der Waals surface area contributed by atoms with E-state index in [1.54, 1.807) is 17.4 Å². The molecule has 1 atom stereocenters. The van der Waals surface area contributed by atoms with Gasteiger partial charge in [-0.15, -0.1) is 11.3 Å². The summed E-state index contributed by atoms with van der Waals surface area (Å²) in [6.45, 7) is 3.04. The molecule has 1 unspecified atom stereocenters. The second-order valence-corrected chi connectivity index (χ2v) is 6.95. The fraction of sp³-hybridized carbons (Fsp3) is 0.400. The lowest BCUT2D eigenvalue weighted by Crippen LogP contribution is -2.24. The smallest absolute Gasteiger partial charge is 0.134 e. The molecule has 2 aromatic rings. The van der Waals surface area contributed by atoms with E-state index < -0.39 is 0 Å². The number of nitrogens with zero attached hydrogens (tertiary/aromatic N) is 1. The van der Waals surface area contributed by atoms with Crippen molar-refractivity contribution in [3.8, 4) is 10.6 Å². The topological polar surface area (TPSA) is 24.9 Å². The molecule has 1 aliphatic rings. The van der Waals surface area contributed by atoms with Crippen LogP contribution in [0.2, 0.25) is 0 Å². The molecule has 1 aliphatic carbocycles. The summed E-state index contributed by atoms with van der Waals surface area (Å²) in [4.78, 5) is 6.02. The Hall–Kier alpha value is -0.780. The lowest BCUT2D eigenvalue weighted by molar-refractivity contribution is 0.465. The number of aryl methyl sites for hydroxylation is 1. The van der Waals surface area contributed by atoms with Gasteiger partial charge in [-0.25, -0.2) is 9.37 Å². The second kappa shape index (κ2) is 5.92. The Balaban J connectivity index is 2.00. The zero-order chi connectivity index (χ0) is 14.1. The van der Waals surface area contributed by atoms with Crippen molar-refractivity contribution in [2.45, 2.75) is 32.2 Å². The van der Waals surface area contributed by atoms with Crippen molar-refractivity contribution < 1.29 is 4.39 Å². The number of thiazole rings is 1. The fourth-order valence-electron chi connectivity index (χ4n) is 2.64. The summed E-state index contributed by atoms with van der Waals surface area (Å²) in [5.41, 5.74) is 1.73. The highest BCUT2D eigenvalue weighted by atomic mass is 79.9. The second-order valence-electron chi connectivity index (χ2n) is 4.95. The highest BCUT2D eigenvalue weighted by Gasteiger charge is 2.25. The van der Waals surface area contributed by atoms with E-state index in [-0.39, 0.29) is 5.82 Å². The highest BCUT2D eigenvalue weighted by Crippen LogP contribution is 2.38. The molecule has 106 valence electrons. The maximum atomic E-state index is 14.1. The molecule has 0 radical (unpaired) electrons. The van der Waals surface area contributed by atoms with Crippen molar-refractivity contribution in [2.75, 3.05) is 6.54 Å². The molecular formula is C15H16BrFN2S. The molecule has 2 nitrogen and oxygen atoms in total. The lowest BCUT2D eigenvalue weighted by atomic mass is 9.97. The largest absolute Gasteiger partial charge is 0.309 e. The van der Waals surface area contributed by atoms with Crippen molar-refractivity contribution in [3.63, 3.8) is 0 Å². The molecule has 0 spiro atoms. The third-order valence-corrected chi connectivity index (χ3v) is 5.22. The van der Waals surface area contributed by atoms with Crippen molar-refractivity contribution in [1.29, 1.82) is 0 Å². The van der Waals surface area contributed by atoms with Crippen LogP contribution in [0.25, 0.3) is 10.6 Å². The van der Waals surface area contributed by atoms with Gasteiger partial charge in [-0.05, 0) is 44.0 Å². The number of hydrogen-bond donors (Lipinski definition) is 1. The predicted molar refractivity (Wildman–Crippen MR) is 84.6 cm³/mol. The average molecular weight is 355 g/mol. The molecule has 5 heteroatoms. The summed E-state index contributed by atoms with van der Waals surface area (Å²) in [5, 5.41) is 4.27. The predicted octanol–water partition coefficient (Wildman–Crippen LogP) is 4.70. The number of rotatable bonds is 3. The van der Waals surface area contributed by atoms with E-state index in [0.29, 0.717) is 11.6 Å². The van der Waals surface area contributed by atoms with Crippen molar-refractivity contribution in [1.82, 2.24) is 10.3 Å². The van der Waals surface area contributed by atoms with Gasteiger partial charge in [0.25, 0.3) is 0 Å². The van der Waals surface area contributed by atoms with Gasteiger partial charge in [0, 0.05) is 14.9 Å². The summed E-state index contributed by atoms with van der Waals surface area (Å²) in [6.07, 6.45) is 3.36. The van der Waals surface area contributed by atoms with Gasteiger partial charge in [-0.1, -0.05) is 22.9 Å². The molecule has 0 saturated heterocycles. The van der Waals surface area contributed by atoms with E-state index in [0.717, 1.165) is 34.6 Å². The molecular weight excluding hydrogens is 339 g/mol. The number of aromatic nitrogens is 1. The van der Waals surface area contributed by atoms with Gasteiger partial charge >= 0.3 is 0 Å². The van der Waals surface area contributed by atoms with E-state index in [1.807, 2.05) is 6.07 Å². The standard InChI is InChI=1S/C15H16BrFN2S/c1-2-18-12-4-3-5-13-14(12)19-15(20-13)10-7-6-9(16)8-11(10)17/h6-8,12,18H,2-5H2,1H3. The number of hydrogen-bond acceptors (Lipinski definition) is 3. The summed E-state index contributed by atoms with van der Waals surface area (Å²) in [7, 11) is 0. The average Bonchev–Trinajstić information content (AvgIpc) is 2.83. The summed E-state index contributed by atoms with van der Waals surface area (Å²) >= 11 is 4.92. The first-order chi connectivity index (χ1) is 9.69. The fourth-order valence-corrected chi connectivity index (χ4v) is 4.17. The molecule has 0 amide bonds. The monoisotopic (exact) mass is 354 g/mol. The maximum Gasteiger partial charge on any atom is 0.134 e. The van der Waals surface area contributed by atoms with Gasteiger partial charge in [0.05, 0.1) is 11.7 Å². The molecule has 0 saturated carbocycles. The van der Waals surface area contributed by atoms with Crippen LogP contribution in [-0.4, -0.2) is 11.5 Å². The first-order valence-electron chi connectivity index (χ1n) is 6.87. The highest BCUT2D eigenvalue weighted by molar-refractivity contribution is 9.10. The van der Waals surface area contributed by atoms with Crippen LogP contribution in [0.5, 0.6) is 0 Å². The molecule has 1 aromatic carbocycles. The Labute approximate surface area is 130 Å². The molecule has 20 heavy (non-hydrogen) atoms. The summed E-state index contributed by atoms with van der Waals surface area (Å²) in [6, 6.07) is 5.48. The van der Waals surface area contributed by atoms with Gasteiger partial charge < -0.3 is 5.32 Å². The summed E-state index contributed by atoms with van der Waals surface area (Å²) in [5.74, 6) is -0.217. The van der Waals surface area contributed by atoms with Crippen LogP contribution in [0.3, 0.4) is 0 Å². The normalized spacial score (nSPS) is 18.1. The van der Waals surface area contributed by atoms with Crippen molar-refractivity contribution >= 4 is 27.3 Å². The summed E-state index contributed by atoms with van der Waals surface area (Å²) < 4.78 is 14.8. The van der Waals surface area contributed by atoms with E-state index in [1.165, 1.54) is 17.4 Å². The maximum absolute atomic E-state index is 14.1. The minimum atomic E-state index is -0.217. The molecule has 1 aromatic heterocycles. The van der Waals surface area contributed by atoms with E-state index in [2.05, 4.69) is 28.2 Å². The minimum Gasteiger partial charge on any atom is -0.309 e. The Bertz CT molecular complexity index is 626. The number of nitrogens with one attached hydrogen (secondary N) is 1. The lowest BCUT2D eigenvalue weighted by Gasteiger charge is -2.21. The van der Waals surface area contributed by atoms with Crippen molar-refractivity contribution in [2.24, 2.45) is 0 Å². The minimum absolute atomic E-state index is 0.217. The van der Waals surface area contributed by atoms with Crippen LogP contribution >= 0.6 is 27.3 Å². The third kappa shape index (κ3) is 2.67. The van der Waals surface area contributed by atoms with Crippen molar-refractivity contribution in [3.05, 3.63) is 39.1 Å². The third-order valence-electron chi connectivity index (χ3n) is 3.57. The molecule has 0 fully saturated rings. The van der Waals surface area contributed by atoms with Crippen LogP contribution in [0.4, 0.5) is 4.39 Å². The van der Waals surface area contributed by atoms with Gasteiger partial charge in [-0.3, -0.25) is 0 Å².